The Kier molecular flexibility index (Phi) is 2.75. The van der Waals surface area contributed by atoms with Crippen molar-refractivity contribution in [2.24, 2.45) is 0 Å². The zero-order valence-electron chi connectivity index (χ0n) is 9.06. The normalized spacial score (nSPS) is 15.6. The molecule has 1 aliphatic carbocycles. The Morgan fingerprint density at radius 1 is 1.44 bits per heavy atom. The lowest BCUT2D eigenvalue weighted by atomic mass is 10.3. The molecule has 0 atom stereocenters. The Labute approximate surface area is 103 Å². The van der Waals surface area contributed by atoms with Crippen molar-refractivity contribution in [2.45, 2.75) is 32.4 Å². The second kappa shape index (κ2) is 4.24. The van der Waals surface area contributed by atoms with E-state index in [9.17, 15) is 0 Å². The van der Waals surface area contributed by atoms with Crippen molar-refractivity contribution in [3.63, 3.8) is 0 Å². The highest BCUT2D eigenvalue weighted by molar-refractivity contribution is 7.20. The van der Waals surface area contributed by atoms with E-state index in [-0.39, 0.29) is 0 Å². The molecule has 0 saturated heterocycles. The van der Waals surface area contributed by atoms with Crippen LogP contribution in [0.4, 0.5) is 0 Å². The van der Waals surface area contributed by atoms with Crippen molar-refractivity contribution in [1.29, 1.82) is 0 Å². The van der Waals surface area contributed by atoms with Crippen molar-refractivity contribution in [3.8, 4) is 9.88 Å². The summed E-state index contributed by atoms with van der Waals surface area (Å²) in [6.45, 7) is 2.99. The second-order valence-corrected chi connectivity index (χ2v) is 6.07. The molecule has 1 aliphatic rings. The Morgan fingerprint density at radius 2 is 2.31 bits per heavy atom. The van der Waals surface area contributed by atoms with E-state index in [1.165, 1.54) is 23.3 Å². The van der Waals surface area contributed by atoms with Crippen LogP contribution >= 0.6 is 22.7 Å². The van der Waals surface area contributed by atoms with Gasteiger partial charge >= 0.3 is 0 Å². The molecule has 84 valence electrons. The molecule has 2 heterocycles. The maximum absolute atomic E-state index is 4.26. The molecule has 0 aromatic carbocycles. The van der Waals surface area contributed by atoms with Gasteiger partial charge in [-0.15, -0.1) is 21.5 Å². The van der Waals surface area contributed by atoms with Gasteiger partial charge in [0, 0.05) is 12.6 Å². The zero-order chi connectivity index (χ0) is 11.0. The van der Waals surface area contributed by atoms with Crippen LogP contribution in [0.25, 0.3) is 9.88 Å². The fourth-order valence-corrected chi connectivity index (χ4v) is 3.40. The number of nitrogens with one attached hydrogen (secondary N) is 1. The highest BCUT2D eigenvalue weighted by atomic mass is 32.1. The largest absolute Gasteiger partial charge is 0.308 e. The van der Waals surface area contributed by atoms with Crippen molar-refractivity contribution in [3.05, 3.63) is 22.0 Å². The van der Waals surface area contributed by atoms with E-state index in [2.05, 4.69) is 33.9 Å². The van der Waals surface area contributed by atoms with Crippen LogP contribution in [0, 0.1) is 6.92 Å². The van der Waals surface area contributed by atoms with Gasteiger partial charge in [0.25, 0.3) is 0 Å². The van der Waals surface area contributed by atoms with Crippen LogP contribution in [0.3, 0.4) is 0 Å². The first-order chi connectivity index (χ1) is 7.83. The molecule has 1 fully saturated rings. The summed E-state index contributed by atoms with van der Waals surface area (Å²) in [7, 11) is 0. The van der Waals surface area contributed by atoms with Gasteiger partial charge in [0.1, 0.15) is 5.01 Å². The number of hydrogen-bond donors (Lipinski definition) is 1. The third kappa shape index (κ3) is 2.16. The van der Waals surface area contributed by atoms with E-state index in [1.54, 1.807) is 22.7 Å². The number of rotatable bonds is 4. The van der Waals surface area contributed by atoms with Gasteiger partial charge < -0.3 is 5.32 Å². The summed E-state index contributed by atoms with van der Waals surface area (Å²) in [5, 5.41) is 16.2. The van der Waals surface area contributed by atoms with E-state index < -0.39 is 0 Å². The van der Waals surface area contributed by atoms with Gasteiger partial charge in [-0.3, -0.25) is 0 Å². The lowest BCUT2D eigenvalue weighted by molar-refractivity contribution is 0.679. The zero-order valence-corrected chi connectivity index (χ0v) is 10.7. The van der Waals surface area contributed by atoms with Gasteiger partial charge in [0.2, 0.25) is 0 Å². The van der Waals surface area contributed by atoms with Crippen LogP contribution < -0.4 is 5.32 Å². The fraction of sp³-hybridized carbons (Fsp3) is 0.455. The van der Waals surface area contributed by atoms with E-state index in [4.69, 9.17) is 0 Å². The quantitative estimate of drug-likeness (QED) is 0.908. The van der Waals surface area contributed by atoms with E-state index in [0.717, 1.165) is 22.6 Å². The smallest absolute Gasteiger partial charge is 0.158 e. The first-order valence-corrected chi connectivity index (χ1v) is 7.13. The first-order valence-electron chi connectivity index (χ1n) is 5.43. The Hall–Kier alpha value is -0.780. The SMILES string of the molecule is Cc1ccsc1-c1nnc(CNC2CC2)s1. The highest BCUT2D eigenvalue weighted by Crippen LogP contribution is 2.31. The Morgan fingerprint density at radius 3 is 3.00 bits per heavy atom. The van der Waals surface area contributed by atoms with E-state index in [0.29, 0.717) is 0 Å². The van der Waals surface area contributed by atoms with Crippen molar-refractivity contribution in [1.82, 2.24) is 15.5 Å². The predicted molar refractivity (Wildman–Crippen MR) is 67.8 cm³/mol. The summed E-state index contributed by atoms with van der Waals surface area (Å²) in [5.74, 6) is 0. The minimum Gasteiger partial charge on any atom is -0.308 e. The number of nitrogens with zero attached hydrogens (tertiary/aromatic N) is 2. The van der Waals surface area contributed by atoms with Crippen LogP contribution in [0.2, 0.25) is 0 Å². The summed E-state index contributed by atoms with van der Waals surface area (Å²) in [5.41, 5.74) is 1.29. The van der Waals surface area contributed by atoms with Crippen LogP contribution in [0.5, 0.6) is 0 Å². The van der Waals surface area contributed by atoms with Gasteiger partial charge in [0.05, 0.1) is 4.88 Å². The van der Waals surface area contributed by atoms with E-state index in [1.807, 2.05) is 0 Å². The lowest BCUT2D eigenvalue weighted by Gasteiger charge is -1.95. The lowest BCUT2D eigenvalue weighted by Crippen LogP contribution is -2.14. The number of aromatic nitrogens is 2. The maximum atomic E-state index is 4.26. The molecular formula is C11H13N3S2. The fourth-order valence-electron chi connectivity index (χ4n) is 1.53. The molecule has 2 aromatic heterocycles. The molecule has 0 bridgehead atoms. The average molecular weight is 251 g/mol. The van der Waals surface area contributed by atoms with Crippen LogP contribution in [-0.4, -0.2) is 16.2 Å². The van der Waals surface area contributed by atoms with Crippen molar-refractivity contribution >= 4 is 22.7 Å². The molecule has 2 aromatic rings. The van der Waals surface area contributed by atoms with Gasteiger partial charge in [-0.05, 0) is 36.8 Å². The molecule has 5 heteroatoms. The summed E-state index contributed by atoms with van der Waals surface area (Å²) >= 11 is 3.44. The minimum absolute atomic E-state index is 0.732. The molecule has 0 aliphatic heterocycles. The Bertz CT molecular complexity index is 485. The first kappa shape index (κ1) is 10.4. The third-order valence-electron chi connectivity index (χ3n) is 2.64. The van der Waals surface area contributed by atoms with Crippen molar-refractivity contribution in [2.75, 3.05) is 0 Å². The maximum Gasteiger partial charge on any atom is 0.158 e. The molecule has 0 radical (unpaired) electrons. The predicted octanol–water partition coefficient (Wildman–Crippen LogP) is 2.83. The van der Waals surface area contributed by atoms with Gasteiger partial charge in [-0.2, -0.15) is 0 Å². The standard InChI is InChI=1S/C11H13N3S2/c1-7-4-5-15-10(7)11-14-13-9(16-11)6-12-8-2-3-8/h4-5,8,12H,2-3,6H2,1H3. The summed E-state index contributed by atoms with van der Waals surface area (Å²) < 4.78 is 0. The molecular weight excluding hydrogens is 238 g/mol. The molecule has 16 heavy (non-hydrogen) atoms. The minimum atomic E-state index is 0.732. The van der Waals surface area contributed by atoms with Crippen LogP contribution in [0.15, 0.2) is 11.4 Å². The molecule has 0 unspecified atom stereocenters. The summed E-state index contributed by atoms with van der Waals surface area (Å²) in [6, 6.07) is 2.86. The number of thiophene rings is 1. The van der Waals surface area contributed by atoms with Crippen LogP contribution in [-0.2, 0) is 6.54 Å². The van der Waals surface area contributed by atoms with Gasteiger partial charge in [0.15, 0.2) is 5.01 Å². The molecule has 0 amide bonds. The average Bonchev–Trinajstić information content (AvgIpc) is 2.82. The number of aryl methyl sites for hydroxylation is 1. The molecule has 1 saturated carbocycles. The molecule has 3 rings (SSSR count). The monoisotopic (exact) mass is 251 g/mol. The third-order valence-corrected chi connectivity index (χ3v) is 4.74. The highest BCUT2D eigenvalue weighted by Gasteiger charge is 2.20. The summed E-state index contributed by atoms with van der Waals surface area (Å²) in [6.07, 6.45) is 2.63. The Balaban J connectivity index is 1.74. The second-order valence-electron chi connectivity index (χ2n) is 4.09. The van der Waals surface area contributed by atoms with E-state index >= 15 is 0 Å². The summed E-state index contributed by atoms with van der Waals surface area (Å²) in [4.78, 5) is 1.26. The molecule has 3 nitrogen and oxygen atoms in total. The van der Waals surface area contributed by atoms with Gasteiger partial charge in [-0.25, -0.2) is 0 Å². The van der Waals surface area contributed by atoms with Crippen LogP contribution in [0.1, 0.15) is 23.4 Å². The van der Waals surface area contributed by atoms with Crippen molar-refractivity contribution < 1.29 is 0 Å². The topological polar surface area (TPSA) is 37.8 Å². The molecule has 0 spiro atoms. The molecule has 1 N–H and O–H groups in total. The number of hydrogen-bond acceptors (Lipinski definition) is 5. The van der Waals surface area contributed by atoms with Gasteiger partial charge in [-0.1, -0.05) is 11.3 Å².